The zero-order valence-corrected chi connectivity index (χ0v) is 14.1. The Morgan fingerprint density at radius 1 is 1.41 bits per heavy atom. The lowest BCUT2D eigenvalue weighted by atomic mass is 10.2. The number of rotatable bonds is 5. The molecule has 0 atom stereocenters. The van der Waals surface area contributed by atoms with Gasteiger partial charge in [-0.3, -0.25) is 14.9 Å². The molecule has 1 aromatic carbocycles. The minimum absolute atomic E-state index is 0.125. The highest BCUT2D eigenvalue weighted by molar-refractivity contribution is 14.1. The first-order chi connectivity index (χ1) is 10.5. The third-order valence-electron chi connectivity index (χ3n) is 2.34. The molecule has 1 heterocycles. The lowest BCUT2D eigenvalue weighted by Crippen LogP contribution is -2.14. The van der Waals surface area contributed by atoms with E-state index in [4.69, 9.17) is 4.74 Å². The summed E-state index contributed by atoms with van der Waals surface area (Å²) in [4.78, 5) is 27.1. The molecule has 0 unspecified atom stereocenters. The normalized spacial score (nSPS) is 10.1. The molecule has 0 aliphatic rings. The predicted molar refractivity (Wildman–Crippen MR) is 88.4 cm³/mol. The van der Waals surface area contributed by atoms with Gasteiger partial charge >= 0.3 is 5.97 Å². The van der Waals surface area contributed by atoms with Gasteiger partial charge in [0.05, 0.1) is 11.8 Å². The van der Waals surface area contributed by atoms with E-state index in [1.54, 1.807) is 12.1 Å². The van der Waals surface area contributed by atoms with E-state index in [-0.39, 0.29) is 21.4 Å². The van der Waals surface area contributed by atoms with Gasteiger partial charge < -0.3 is 13.2 Å². The van der Waals surface area contributed by atoms with Crippen LogP contribution in [0.5, 0.6) is 5.75 Å². The maximum atomic E-state index is 12.2. The molecule has 0 aliphatic heterocycles. The SMILES string of the molecule is CC(=O)Oc1ccccc1C(=O)Nc1ncc(N([O-])I=O)s1. The molecule has 8 nitrogen and oxygen atoms in total. The van der Waals surface area contributed by atoms with E-state index >= 15 is 0 Å². The number of aromatic nitrogens is 1. The topological polar surface area (TPSA) is 112 Å². The van der Waals surface area contributed by atoms with Crippen molar-refractivity contribution in [2.45, 2.75) is 6.92 Å². The van der Waals surface area contributed by atoms with E-state index in [2.05, 4.69) is 10.3 Å². The molecule has 2 rings (SSSR count). The average molecular weight is 434 g/mol. The summed E-state index contributed by atoms with van der Waals surface area (Å²) >= 11 is -0.975. The van der Waals surface area contributed by atoms with Gasteiger partial charge in [-0.2, -0.15) is 0 Å². The van der Waals surface area contributed by atoms with Gasteiger partial charge in [0.25, 0.3) is 27.4 Å². The second-order valence-corrected chi connectivity index (χ2v) is 6.14. The van der Waals surface area contributed by atoms with Gasteiger partial charge in [0.15, 0.2) is 5.13 Å². The van der Waals surface area contributed by atoms with Gasteiger partial charge in [-0.15, -0.1) is 0 Å². The summed E-state index contributed by atoms with van der Waals surface area (Å²) in [6.45, 7) is 1.23. The maximum Gasteiger partial charge on any atom is 0.308 e. The number of ether oxygens (including phenoxy) is 1. The second kappa shape index (κ2) is 7.38. The lowest BCUT2D eigenvalue weighted by Gasteiger charge is -2.16. The minimum atomic E-state index is -1.87. The van der Waals surface area contributed by atoms with Gasteiger partial charge in [0.2, 0.25) is 0 Å². The van der Waals surface area contributed by atoms with Crippen LogP contribution in [0.3, 0.4) is 0 Å². The van der Waals surface area contributed by atoms with Crippen LogP contribution in [0.25, 0.3) is 0 Å². The molecule has 0 radical (unpaired) electrons. The molecule has 116 valence electrons. The molecule has 1 aromatic heterocycles. The second-order valence-electron chi connectivity index (χ2n) is 3.86. The number of amides is 1. The van der Waals surface area contributed by atoms with Crippen molar-refractivity contribution in [2.24, 2.45) is 0 Å². The van der Waals surface area contributed by atoms with Crippen LogP contribution < -0.4 is 13.3 Å². The smallest absolute Gasteiger partial charge is 0.308 e. The molecule has 0 saturated heterocycles. The number of carbonyl (C=O) groups excluding carboxylic acids is 2. The number of anilines is 2. The predicted octanol–water partition coefficient (Wildman–Crippen LogP) is 2.86. The molecule has 2 aromatic rings. The molecule has 0 bridgehead atoms. The largest absolute Gasteiger partial charge is 0.747 e. The van der Waals surface area contributed by atoms with Crippen molar-refractivity contribution < 1.29 is 17.4 Å². The zero-order chi connectivity index (χ0) is 16.1. The molecule has 10 heteroatoms. The van der Waals surface area contributed by atoms with Crippen molar-refractivity contribution in [3.8, 4) is 5.75 Å². The first kappa shape index (κ1) is 16.5. The Kier molecular flexibility index (Phi) is 5.51. The van der Waals surface area contributed by atoms with Crippen LogP contribution in [0.4, 0.5) is 10.1 Å². The lowest BCUT2D eigenvalue weighted by molar-refractivity contribution is -0.131. The van der Waals surface area contributed by atoms with Crippen LogP contribution in [-0.2, 0) is 7.86 Å². The Hall–Kier alpha value is -1.92. The van der Waals surface area contributed by atoms with Crippen LogP contribution in [0, 0.1) is 5.21 Å². The van der Waals surface area contributed by atoms with Crippen LogP contribution in [0.1, 0.15) is 17.3 Å². The van der Waals surface area contributed by atoms with E-state index in [0.29, 0.717) is 3.28 Å². The molecular formula is C12H9IN3O5S-. The van der Waals surface area contributed by atoms with E-state index in [0.717, 1.165) is 11.3 Å². The highest BCUT2D eigenvalue weighted by Gasteiger charge is 2.15. The van der Waals surface area contributed by atoms with E-state index in [1.165, 1.54) is 25.3 Å². The molecule has 0 fully saturated rings. The average Bonchev–Trinajstić information content (AvgIpc) is 2.94. The van der Waals surface area contributed by atoms with Crippen LogP contribution in [0.15, 0.2) is 30.5 Å². The summed E-state index contributed by atoms with van der Waals surface area (Å²) in [6, 6.07) is 6.23. The first-order valence-corrected chi connectivity index (χ1v) is 8.46. The standard InChI is InChI=1S/C12H9IN3O5S/c1-7(17)21-9-5-3-2-4-8(9)11(18)15-12-14-6-10(22-12)16(20)13-19/h2-6H,1H3,(H,14,15,18)/q-1. The quantitative estimate of drug-likeness (QED) is 0.253. The van der Waals surface area contributed by atoms with Crippen LogP contribution >= 0.6 is 32.8 Å². The highest BCUT2D eigenvalue weighted by Crippen LogP contribution is 2.30. The van der Waals surface area contributed by atoms with E-state index in [1.807, 2.05) is 0 Å². The Bertz CT molecular complexity index is 720. The minimum Gasteiger partial charge on any atom is -0.747 e. The molecule has 0 aliphatic carbocycles. The number of hydrogen-bond donors (Lipinski definition) is 1. The number of esters is 1. The number of benzene rings is 1. The van der Waals surface area contributed by atoms with Gasteiger partial charge in [0, 0.05) is 6.92 Å². The summed E-state index contributed by atoms with van der Waals surface area (Å²) in [5, 5.41) is 14.0. The Morgan fingerprint density at radius 2 is 2.14 bits per heavy atom. The van der Waals surface area contributed by atoms with Crippen LogP contribution in [0.2, 0.25) is 0 Å². The van der Waals surface area contributed by atoms with E-state index < -0.39 is 33.3 Å². The van der Waals surface area contributed by atoms with Crippen molar-refractivity contribution >= 4 is 54.8 Å². The first-order valence-electron chi connectivity index (χ1n) is 5.80. The summed E-state index contributed by atoms with van der Waals surface area (Å²) in [5.41, 5.74) is 0.157. The molecule has 22 heavy (non-hydrogen) atoms. The van der Waals surface area contributed by atoms with Gasteiger partial charge in [-0.05, 0) is 12.1 Å². The fraction of sp³-hybridized carbons (Fsp3) is 0.0833. The van der Waals surface area contributed by atoms with Crippen molar-refractivity contribution in [1.82, 2.24) is 4.98 Å². The fourth-order valence-corrected chi connectivity index (χ4v) is 2.93. The van der Waals surface area contributed by atoms with Gasteiger partial charge in [-0.1, -0.05) is 23.5 Å². The number of nitrogens with one attached hydrogen (secondary N) is 1. The number of nitrogens with zero attached hydrogens (tertiary/aromatic N) is 2. The summed E-state index contributed by atoms with van der Waals surface area (Å²) < 4.78 is 15.9. The van der Waals surface area contributed by atoms with Crippen molar-refractivity contribution in [3.63, 3.8) is 0 Å². The summed E-state index contributed by atoms with van der Waals surface area (Å²) in [7, 11) is 0. The molecule has 1 amide bonds. The third-order valence-corrected chi connectivity index (χ3v) is 4.42. The number of hydrogen-bond acceptors (Lipinski definition) is 7. The number of carbonyl (C=O) groups is 2. The third kappa shape index (κ3) is 4.05. The molecule has 0 spiro atoms. The summed E-state index contributed by atoms with van der Waals surface area (Å²) in [6.07, 6.45) is 1.23. The molecule has 1 N–H and O–H groups in total. The fourth-order valence-electron chi connectivity index (χ4n) is 1.50. The maximum absolute atomic E-state index is 12.2. The van der Waals surface area contributed by atoms with Gasteiger partial charge in [0.1, 0.15) is 10.8 Å². The number of para-hydroxylation sites is 1. The number of thiazole rings is 1. The van der Waals surface area contributed by atoms with Crippen molar-refractivity contribution in [1.29, 1.82) is 0 Å². The van der Waals surface area contributed by atoms with Crippen LogP contribution in [-0.4, -0.2) is 16.9 Å². The van der Waals surface area contributed by atoms with E-state index in [9.17, 15) is 17.9 Å². The Balaban J connectivity index is 2.17. The monoisotopic (exact) mass is 434 g/mol. The Morgan fingerprint density at radius 3 is 2.82 bits per heavy atom. The molecule has 0 saturated carbocycles. The number of halogens is 1. The Labute approximate surface area is 139 Å². The van der Waals surface area contributed by atoms with Crippen molar-refractivity contribution in [2.75, 3.05) is 8.59 Å². The zero-order valence-electron chi connectivity index (χ0n) is 11.1. The molecular weight excluding hydrogens is 425 g/mol. The van der Waals surface area contributed by atoms with Crippen molar-refractivity contribution in [3.05, 3.63) is 41.2 Å². The van der Waals surface area contributed by atoms with Gasteiger partial charge in [-0.25, -0.2) is 8.05 Å². The highest BCUT2D eigenvalue weighted by atomic mass is 127. The summed E-state index contributed by atoms with van der Waals surface area (Å²) in [5.74, 6) is -0.953.